The van der Waals surface area contributed by atoms with Crippen LogP contribution in [0.15, 0.2) is 9.32 Å². The van der Waals surface area contributed by atoms with Crippen molar-refractivity contribution < 1.29 is 4.52 Å². The summed E-state index contributed by atoms with van der Waals surface area (Å²) >= 11 is 1.24. The Morgan fingerprint density at radius 1 is 1.47 bits per heavy atom. The van der Waals surface area contributed by atoms with Gasteiger partial charge in [-0.15, -0.1) is 0 Å². The molecule has 3 rings (SSSR count). The molecule has 0 unspecified atom stereocenters. The molecule has 2 aromatic rings. The molecule has 6 nitrogen and oxygen atoms in total. The lowest BCUT2D eigenvalue weighted by Crippen LogP contribution is -2.44. The molecular formula is C12H16N4O2S. The molecule has 19 heavy (non-hydrogen) atoms. The van der Waals surface area contributed by atoms with E-state index in [1.807, 2.05) is 13.8 Å². The van der Waals surface area contributed by atoms with Gasteiger partial charge in [0.2, 0.25) is 5.89 Å². The second-order valence-corrected chi connectivity index (χ2v) is 6.28. The standard InChI is InChI=1S/C12H16N4O2S/c1-7-8(2)19-11(17)16(7)6-9-14-10(15-18-9)12(13)4-3-5-12/h3-6,13H2,1-2H3. The monoisotopic (exact) mass is 280 g/mol. The van der Waals surface area contributed by atoms with Crippen molar-refractivity contribution in [3.63, 3.8) is 0 Å². The third-order valence-corrected chi connectivity index (χ3v) is 4.82. The third-order valence-electron chi connectivity index (χ3n) is 3.83. The molecule has 0 aromatic carbocycles. The highest BCUT2D eigenvalue weighted by Gasteiger charge is 2.39. The molecule has 2 heterocycles. The molecule has 0 atom stereocenters. The average molecular weight is 280 g/mol. The number of aromatic nitrogens is 3. The quantitative estimate of drug-likeness (QED) is 0.915. The van der Waals surface area contributed by atoms with Crippen LogP contribution in [0.25, 0.3) is 0 Å². The first-order valence-electron chi connectivity index (χ1n) is 6.28. The maximum absolute atomic E-state index is 11.8. The fourth-order valence-corrected chi connectivity index (χ4v) is 3.04. The van der Waals surface area contributed by atoms with Gasteiger partial charge in [0.15, 0.2) is 5.82 Å². The van der Waals surface area contributed by atoms with E-state index in [0.717, 1.165) is 29.8 Å². The molecule has 2 aromatic heterocycles. The van der Waals surface area contributed by atoms with E-state index in [9.17, 15) is 4.79 Å². The SMILES string of the molecule is Cc1sc(=O)n(Cc2nc(C3(N)CCC3)no2)c1C. The van der Waals surface area contributed by atoms with Crippen LogP contribution in [0.1, 0.15) is 41.5 Å². The van der Waals surface area contributed by atoms with E-state index >= 15 is 0 Å². The summed E-state index contributed by atoms with van der Waals surface area (Å²) in [5.74, 6) is 1.00. The van der Waals surface area contributed by atoms with Crippen LogP contribution in [0.4, 0.5) is 0 Å². The molecule has 1 aliphatic rings. The van der Waals surface area contributed by atoms with E-state index in [-0.39, 0.29) is 4.87 Å². The van der Waals surface area contributed by atoms with Gasteiger partial charge in [0.1, 0.15) is 6.54 Å². The van der Waals surface area contributed by atoms with E-state index in [1.54, 1.807) is 4.57 Å². The highest BCUT2D eigenvalue weighted by atomic mass is 32.1. The molecule has 102 valence electrons. The number of hydrogen-bond donors (Lipinski definition) is 1. The minimum Gasteiger partial charge on any atom is -0.337 e. The molecule has 0 spiro atoms. The second kappa shape index (κ2) is 4.28. The van der Waals surface area contributed by atoms with Crippen LogP contribution in [0.5, 0.6) is 0 Å². The van der Waals surface area contributed by atoms with Gasteiger partial charge in [-0.25, -0.2) is 0 Å². The van der Waals surface area contributed by atoms with Crippen molar-refractivity contribution in [2.45, 2.75) is 45.2 Å². The topological polar surface area (TPSA) is 86.9 Å². The Morgan fingerprint density at radius 2 is 2.21 bits per heavy atom. The average Bonchev–Trinajstić information content (AvgIpc) is 2.88. The third kappa shape index (κ3) is 2.02. The number of nitrogens with two attached hydrogens (primary N) is 1. The predicted molar refractivity (Wildman–Crippen MR) is 71.2 cm³/mol. The largest absolute Gasteiger partial charge is 0.337 e. The van der Waals surface area contributed by atoms with Crippen LogP contribution in [0.3, 0.4) is 0 Å². The van der Waals surface area contributed by atoms with Crippen LogP contribution < -0.4 is 10.6 Å². The number of hydrogen-bond acceptors (Lipinski definition) is 6. The van der Waals surface area contributed by atoms with Gasteiger partial charge in [0.05, 0.1) is 5.54 Å². The fourth-order valence-electron chi connectivity index (χ4n) is 2.21. The summed E-state index contributed by atoms with van der Waals surface area (Å²) in [4.78, 5) is 17.1. The number of rotatable bonds is 3. The molecule has 1 fully saturated rings. The molecule has 0 radical (unpaired) electrons. The minimum absolute atomic E-state index is 0.000792. The van der Waals surface area contributed by atoms with Gasteiger partial charge in [0.25, 0.3) is 0 Å². The Kier molecular flexibility index (Phi) is 2.83. The summed E-state index contributed by atoms with van der Waals surface area (Å²) in [6.45, 7) is 4.17. The Balaban J connectivity index is 1.86. The van der Waals surface area contributed by atoms with Gasteiger partial charge in [-0.1, -0.05) is 16.5 Å². The summed E-state index contributed by atoms with van der Waals surface area (Å²) in [6, 6.07) is 0. The van der Waals surface area contributed by atoms with E-state index in [1.165, 1.54) is 11.3 Å². The van der Waals surface area contributed by atoms with Gasteiger partial charge >= 0.3 is 4.87 Å². The zero-order valence-electron chi connectivity index (χ0n) is 11.0. The summed E-state index contributed by atoms with van der Waals surface area (Å²) in [7, 11) is 0. The molecule has 2 N–H and O–H groups in total. The van der Waals surface area contributed by atoms with E-state index < -0.39 is 5.54 Å². The number of nitrogens with zero attached hydrogens (tertiary/aromatic N) is 3. The minimum atomic E-state index is -0.424. The fraction of sp³-hybridized carbons (Fsp3) is 0.583. The Morgan fingerprint density at radius 3 is 2.74 bits per heavy atom. The van der Waals surface area contributed by atoms with E-state index in [4.69, 9.17) is 10.3 Å². The first kappa shape index (κ1) is 12.6. The number of aryl methyl sites for hydroxylation is 1. The lowest BCUT2D eigenvalue weighted by atomic mass is 9.77. The van der Waals surface area contributed by atoms with Crippen molar-refractivity contribution in [2.75, 3.05) is 0 Å². The first-order valence-corrected chi connectivity index (χ1v) is 7.10. The Labute approximate surface area is 114 Å². The summed E-state index contributed by atoms with van der Waals surface area (Å²) < 4.78 is 6.87. The highest BCUT2D eigenvalue weighted by molar-refractivity contribution is 7.09. The summed E-state index contributed by atoms with van der Waals surface area (Å²) in [5, 5.41) is 3.95. The van der Waals surface area contributed by atoms with Gasteiger partial charge in [0, 0.05) is 10.6 Å². The molecule has 0 bridgehead atoms. The smallest absolute Gasteiger partial charge is 0.308 e. The van der Waals surface area contributed by atoms with E-state index in [0.29, 0.717) is 18.3 Å². The lowest BCUT2D eigenvalue weighted by molar-refractivity contribution is 0.228. The summed E-state index contributed by atoms with van der Waals surface area (Å²) in [6.07, 6.45) is 2.88. The first-order chi connectivity index (χ1) is 8.99. The van der Waals surface area contributed by atoms with Crippen molar-refractivity contribution >= 4 is 11.3 Å². The maximum Gasteiger partial charge on any atom is 0.308 e. The second-order valence-electron chi connectivity index (χ2n) is 5.12. The zero-order chi connectivity index (χ0) is 13.6. The van der Waals surface area contributed by atoms with Crippen molar-refractivity contribution in [3.8, 4) is 0 Å². The molecule has 1 aliphatic carbocycles. The van der Waals surface area contributed by atoms with Gasteiger partial charge in [-0.2, -0.15) is 4.98 Å². The maximum atomic E-state index is 11.8. The zero-order valence-corrected chi connectivity index (χ0v) is 11.8. The molecule has 0 amide bonds. The highest BCUT2D eigenvalue weighted by Crippen LogP contribution is 2.36. The van der Waals surface area contributed by atoms with Crippen molar-refractivity contribution in [2.24, 2.45) is 5.73 Å². The van der Waals surface area contributed by atoms with Gasteiger partial charge in [-0.05, 0) is 33.1 Å². The lowest BCUT2D eigenvalue weighted by Gasteiger charge is -2.34. The van der Waals surface area contributed by atoms with Crippen LogP contribution in [0, 0.1) is 13.8 Å². The van der Waals surface area contributed by atoms with Crippen molar-refractivity contribution in [1.29, 1.82) is 0 Å². The van der Waals surface area contributed by atoms with Crippen LogP contribution in [0.2, 0.25) is 0 Å². The van der Waals surface area contributed by atoms with Crippen LogP contribution in [-0.2, 0) is 12.1 Å². The molecule has 0 aliphatic heterocycles. The van der Waals surface area contributed by atoms with E-state index in [2.05, 4.69) is 10.1 Å². The summed E-state index contributed by atoms with van der Waals surface area (Å²) in [5.41, 5.74) is 6.66. The molecule has 1 saturated carbocycles. The molecular weight excluding hydrogens is 264 g/mol. The van der Waals surface area contributed by atoms with Crippen LogP contribution in [-0.4, -0.2) is 14.7 Å². The predicted octanol–water partition coefficient (Wildman–Crippen LogP) is 1.30. The van der Waals surface area contributed by atoms with Crippen molar-refractivity contribution in [1.82, 2.24) is 14.7 Å². The van der Waals surface area contributed by atoms with Gasteiger partial charge < -0.3 is 10.3 Å². The Hall–Kier alpha value is -1.47. The van der Waals surface area contributed by atoms with Crippen LogP contribution >= 0.6 is 11.3 Å². The molecule has 7 heteroatoms. The van der Waals surface area contributed by atoms with Gasteiger partial charge in [-0.3, -0.25) is 9.36 Å². The normalized spacial score (nSPS) is 17.4. The molecule has 0 saturated heterocycles. The van der Waals surface area contributed by atoms with Crippen molar-refractivity contribution in [3.05, 3.63) is 32.0 Å². The number of thiazole rings is 1. The Bertz CT molecular complexity index is 666.